The lowest BCUT2D eigenvalue weighted by molar-refractivity contribution is -0.178. The number of fused-ring (bicyclic) bond motifs is 1. The zero-order chi connectivity index (χ0) is 32.9. The van der Waals surface area contributed by atoms with Crippen molar-refractivity contribution in [1.82, 2.24) is 0 Å². The molecule has 7 atom stereocenters. The van der Waals surface area contributed by atoms with E-state index in [1.165, 1.54) is 38.5 Å². The Hall–Kier alpha value is -2.25. The van der Waals surface area contributed by atoms with Crippen LogP contribution < -0.4 is 0 Å². The van der Waals surface area contributed by atoms with E-state index < -0.39 is 53.1 Å². The lowest BCUT2D eigenvalue weighted by Crippen LogP contribution is -2.50. The van der Waals surface area contributed by atoms with E-state index in [9.17, 15) is 24.6 Å². The number of aliphatic hydroxyl groups is 2. The van der Waals surface area contributed by atoms with Gasteiger partial charge in [-0.05, 0) is 57.6 Å². The van der Waals surface area contributed by atoms with E-state index >= 15 is 0 Å². The normalized spacial score (nSPS) is 33.1. The molecule has 0 aliphatic heterocycles. The standard InChI is InChI=1S/C37H58O7/c1-9-11-12-13-14-15-16-17-18-19-29(39)44-36(8)22-26(5)37-21-25(4)32(43-34(42)24(3)10-2)30(37)31(40)27(23-38)20-28(33(37)41)35(36,6)7/h10,20-21,26,28,30-32,38,40H,9,11-19,22-23H2,1-8H3/b24-10+/t26-,28?,30?,31?,32?,36-,37?/m1/s1. The van der Waals surface area contributed by atoms with Crippen molar-refractivity contribution in [3.05, 3.63) is 34.9 Å². The van der Waals surface area contributed by atoms with Gasteiger partial charge in [0.2, 0.25) is 0 Å². The van der Waals surface area contributed by atoms with Crippen LogP contribution in [-0.4, -0.2) is 52.4 Å². The second-order valence-corrected chi connectivity index (χ2v) is 14.4. The summed E-state index contributed by atoms with van der Waals surface area (Å²) in [6.45, 7) is 14.8. The number of hydrogen-bond donors (Lipinski definition) is 2. The maximum Gasteiger partial charge on any atom is 0.333 e. The summed E-state index contributed by atoms with van der Waals surface area (Å²) >= 11 is 0. The number of esters is 2. The Morgan fingerprint density at radius 1 is 1.05 bits per heavy atom. The number of ether oxygens (including phenoxy) is 2. The van der Waals surface area contributed by atoms with Gasteiger partial charge in [-0.15, -0.1) is 0 Å². The van der Waals surface area contributed by atoms with E-state index in [2.05, 4.69) is 6.92 Å². The molecule has 2 bridgehead atoms. The van der Waals surface area contributed by atoms with Crippen molar-refractivity contribution < 1.29 is 34.1 Å². The van der Waals surface area contributed by atoms with Gasteiger partial charge in [0.15, 0.2) is 5.78 Å². The molecule has 0 saturated heterocycles. The van der Waals surface area contributed by atoms with Crippen LogP contribution in [0.2, 0.25) is 0 Å². The van der Waals surface area contributed by atoms with Crippen LogP contribution in [0.3, 0.4) is 0 Å². The van der Waals surface area contributed by atoms with Crippen molar-refractivity contribution in [2.24, 2.45) is 28.6 Å². The summed E-state index contributed by atoms with van der Waals surface area (Å²) in [5.41, 5.74) is -1.54. The molecule has 7 heteroatoms. The van der Waals surface area contributed by atoms with Crippen molar-refractivity contribution in [2.75, 3.05) is 6.61 Å². The first kappa shape index (κ1) is 36.2. The van der Waals surface area contributed by atoms with Crippen LogP contribution in [0.25, 0.3) is 0 Å². The molecule has 248 valence electrons. The quantitative estimate of drug-likeness (QED) is 0.0922. The van der Waals surface area contributed by atoms with E-state index in [1.54, 1.807) is 26.0 Å². The highest BCUT2D eigenvalue weighted by Gasteiger charge is 2.68. The smallest absolute Gasteiger partial charge is 0.333 e. The van der Waals surface area contributed by atoms with Crippen LogP contribution in [0.15, 0.2) is 34.9 Å². The number of rotatable bonds is 14. The molecule has 0 aromatic carbocycles. The van der Waals surface area contributed by atoms with Gasteiger partial charge in [-0.3, -0.25) is 9.59 Å². The molecule has 1 saturated carbocycles. The van der Waals surface area contributed by atoms with Gasteiger partial charge in [0, 0.05) is 29.2 Å². The molecule has 3 aliphatic carbocycles. The number of allylic oxidation sites excluding steroid dienone is 3. The average Bonchev–Trinajstić information content (AvgIpc) is 3.20. The van der Waals surface area contributed by atoms with Crippen LogP contribution in [0.4, 0.5) is 0 Å². The Morgan fingerprint density at radius 3 is 2.20 bits per heavy atom. The third-order valence-corrected chi connectivity index (χ3v) is 11.2. The summed E-state index contributed by atoms with van der Waals surface area (Å²) in [5.74, 6) is -2.76. The first-order valence-electron chi connectivity index (χ1n) is 17.0. The molecular weight excluding hydrogens is 556 g/mol. The lowest BCUT2D eigenvalue weighted by Gasteiger charge is -2.46. The summed E-state index contributed by atoms with van der Waals surface area (Å²) < 4.78 is 12.3. The molecule has 1 spiro atoms. The number of carbonyl (C=O) groups excluding carboxylic acids is 3. The third kappa shape index (κ3) is 6.94. The van der Waals surface area contributed by atoms with Crippen LogP contribution in [0.5, 0.6) is 0 Å². The number of ketones is 1. The molecule has 44 heavy (non-hydrogen) atoms. The molecule has 0 amide bonds. The minimum absolute atomic E-state index is 0.0955. The van der Waals surface area contributed by atoms with Gasteiger partial charge >= 0.3 is 11.9 Å². The van der Waals surface area contributed by atoms with Crippen LogP contribution in [0, 0.1) is 28.6 Å². The molecule has 3 rings (SSSR count). The number of carbonyl (C=O) groups is 3. The molecular formula is C37H58O7. The van der Waals surface area contributed by atoms with Crippen molar-refractivity contribution >= 4 is 17.7 Å². The summed E-state index contributed by atoms with van der Waals surface area (Å²) in [4.78, 5) is 41.0. The first-order valence-corrected chi connectivity index (χ1v) is 17.0. The van der Waals surface area contributed by atoms with Crippen molar-refractivity contribution in [1.29, 1.82) is 0 Å². The van der Waals surface area contributed by atoms with Gasteiger partial charge in [0.25, 0.3) is 0 Å². The fraction of sp³-hybridized carbons (Fsp3) is 0.757. The summed E-state index contributed by atoms with van der Waals surface area (Å²) in [7, 11) is 0. The van der Waals surface area contributed by atoms with Gasteiger partial charge in [0.05, 0.1) is 18.1 Å². The van der Waals surface area contributed by atoms with E-state index in [0.717, 1.165) is 19.3 Å². The molecule has 0 aromatic heterocycles. The Balaban J connectivity index is 1.87. The minimum Gasteiger partial charge on any atom is -0.459 e. The Morgan fingerprint density at radius 2 is 1.64 bits per heavy atom. The van der Waals surface area contributed by atoms with Gasteiger partial charge in [-0.1, -0.05) is 97.3 Å². The fourth-order valence-electron chi connectivity index (χ4n) is 7.93. The van der Waals surface area contributed by atoms with Gasteiger partial charge < -0.3 is 19.7 Å². The largest absolute Gasteiger partial charge is 0.459 e. The number of hydrogen-bond acceptors (Lipinski definition) is 7. The summed E-state index contributed by atoms with van der Waals surface area (Å²) in [6, 6.07) is 0. The molecule has 0 heterocycles. The maximum absolute atomic E-state index is 14.8. The Kier molecular flexibility index (Phi) is 12.3. The SMILES string of the molecule is C/C=C(\C)C(=O)OC1C(C)=CC23C(=O)C(C=C(CO)C(O)C12)C(C)(C)[C@](C)(OC(=O)CCCCCCCCCCC)C[C@H]3C. The summed E-state index contributed by atoms with van der Waals surface area (Å²) in [6.07, 6.45) is 14.4. The van der Waals surface area contributed by atoms with Crippen LogP contribution in [0.1, 0.15) is 126 Å². The van der Waals surface area contributed by atoms with Crippen molar-refractivity contribution in [3.8, 4) is 0 Å². The highest BCUT2D eigenvalue weighted by atomic mass is 16.6. The second kappa shape index (κ2) is 14.9. The van der Waals surface area contributed by atoms with E-state index in [0.29, 0.717) is 29.6 Å². The van der Waals surface area contributed by atoms with Gasteiger partial charge in [0.1, 0.15) is 11.7 Å². The van der Waals surface area contributed by atoms with E-state index in [1.807, 2.05) is 40.7 Å². The van der Waals surface area contributed by atoms with Gasteiger partial charge in [-0.25, -0.2) is 4.79 Å². The predicted molar refractivity (Wildman–Crippen MR) is 173 cm³/mol. The minimum atomic E-state index is -1.19. The van der Waals surface area contributed by atoms with Crippen LogP contribution in [-0.2, 0) is 23.9 Å². The first-order chi connectivity index (χ1) is 20.7. The second-order valence-electron chi connectivity index (χ2n) is 14.4. The molecule has 3 aliphatic rings. The lowest BCUT2D eigenvalue weighted by atomic mass is 9.62. The maximum atomic E-state index is 14.8. The predicted octanol–water partition coefficient (Wildman–Crippen LogP) is 7.19. The van der Waals surface area contributed by atoms with Crippen LogP contribution >= 0.6 is 0 Å². The molecule has 7 nitrogen and oxygen atoms in total. The van der Waals surface area contributed by atoms with E-state index in [4.69, 9.17) is 9.47 Å². The molecule has 1 fully saturated rings. The van der Waals surface area contributed by atoms with Crippen molar-refractivity contribution in [3.63, 3.8) is 0 Å². The van der Waals surface area contributed by atoms with Gasteiger partial charge in [-0.2, -0.15) is 0 Å². The molecule has 2 N–H and O–H groups in total. The van der Waals surface area contributed by atoms with E-state index in [-0.39, 0.29) is 17.7 Å². The molecule has 5 unspecified atom stereocenters. The fourth-order valence-corrected chi connectivity index (χ4v) is 7.93. The highest BCUT2D eigenvalue weighted by Crippen LogP contribution is 2.62. The number of Topliss-reactive ketones (excluding diaryl/α,β-unsaturated/α-hetero) is 1. The number of aliphatic hydroxyl groups excluding tert-OH is 2. The van der Waals surface area contributed by atoms with Crippen molar-refractivity contribution in [2.45, 2.75) is 144 Å². The third-order valence-electron chi connectivity index (χ3n) is 11.2. The number of unbranched alkanes of at least 4 members (excludes halogenated alkanes) is 8. The topological polar surface area (TPSA) is 110 Å². The Labute approximate surface area is 265 Å². The monoisotopic (exact) mass is 614 g/mol. The molecule has 0 aromatic rings. The Bertz CT molecular complexity index is 1150. The highest BCUT2D eigenvalue weighted by molar-refractivity contribution is 5.94. The average molecular weight is 615 g/mol. The molecule has 0 radical (unpaired) electrons. The summed E-state index contributed by atoms with van der Waals surface area (Å²) in [5, 5.41) is 22.1. The zero-order valence-corrected chi connectivity index (χ0v) is 28.5. The zero-order valence-electron chi connectivity index (χ0n) is 28.5.